The molecule has 1 heterocycles. The molecule has 0 aliphatic rings. The average molecular weight is 304 g/mol. The lowest BCUT2D eigenvalue weighted by Crippen LogP contribution is -2.37. The minimum atomic E-state index is -0.655. The van der Waals surface area contributed by atoms with Crippen molar-refractivity contribution < 1.29 is 18.7 Å². The Bertz CT molecular complexity index is 649. The van der Waals surface area contributed by atoms with Crippen LogP contribution in [-0.4, -0.2) is 30.6 Å². The Morgan fingerprint density at radius 1 is 1.32 bits per heavy atom. The molecular formula is C16H17FN2O3. The van der Waals surface area contributed by atoms with Gasteiger partial charge in [-0.25, -0.2) is 4.39 Å². The van der Waals surface area contributed by atoms with E-state index in [1.54, 1.807) is 26.2 Å². The fraction of sp³-hybridized carbons (Fsp3) is 0.250. The van der Waals surface area contributed by atoms with E-state index in [1.807, 2.05) is 12.1 Å². The van der Waals surface area contributed by atoms with Gasteiger partial charge in [0.25, 0.3) is 5.91 Å². The van der Waals surface area contributed by atoms with Gasteiger partial charge in [0, 0.05) is 6.20 Å². The fourth-order valence-corrected chi connectivity index (χ4v) is 1.86. The van der Waals surface area contributed by atoms with Gasteiger partial charge in [-0.05, 0) is 25.1 Å². The Morgan fingerprint density at radius 2 is 2.05 bits per heavy atom. The number of hydrogen-bond donors (Lipinski definition) is 1. The number of rotatable bonds is 6. The Balaban J connectivity index is 1.92. The largest absolute Gasteiger partial charge is 0.493 e. The van der Waals surface area contributed by atoms with E-state index in [4.69, 9.17) is 9.47 Å². The molecule has 0 fully saturated rings. The zero-order valence-corrected chi connectivity index (χ0v) is 12.4. The van der Waals surface area contributed by atoms with Crippen LogP contribution in [0.5, 0.6) is 11.5 Å². The first kappa shape index (κ1) is 15.8. The smallest absolute Gasteiger partial charge is 0.254 e. The normalized spacial score (nSPS) is 11.6. The topological polar surface area (TPSA) is 60.5 Å². The Hall–Kier alpha value is -2.63. The standard InChI is InChI=1S/C16H17FN2O3/c1-11(10-22-15-6-4-3-5-14(15)21-2)19-16(20)12-7-8-18-9-13(12)17/h3-9,11H,10H2,1-2H3,(H,19,20). The zero-order valence-electron chi connectivity index (χ0n) is 12.4. The quantitative estimate of drug-likeness (QED) is 0.890. The molecule has 116 valence electrons. The molecular weight excluding hydrogens is 287 g/mol. The summed E-state index contributed by atoms with van der Waals surface area (Å²) in [6.07, 6.45) is 2.37. The predicted octanol–water partition coefficient (Wildman–Crippen LogP) is 2.43. The van der Waals surface area contributed by atoms with Crippen LogP contribution in [0.4, 0.5) is 4.39 Å². The van der Waals surface area contributed by atoms with E-state index in [0.717, 1.165) is 6.20 Å². The van der Waals surface area contributed by atoms with Crippen LogP contribution in [-0.2, 0) is 0 Å². The van der Waals surface area contributed by atoms with Gasteiger partial charge in [-0.3, -0.25) is 9.78 Å². The number of nitrogens with one attached hydrogen (secondary N) is 1. The lowest BCUT2D eigenvalue weighted by molar-refractivity contribution is 0.0922. The first-order valence-corrected chi connectivity index (χ1v) is 6.78. The number of hydrogen-bond acceptors (Lipinski definition) is 4. The Morgan fingerprint density at radius 3 is 2.73 bits per heavy atom. The van der Waals surface area contributed by atoms with Crippen LogP contribution in [0, 0.1) is 5.82 Å². The van der Waals surface area contributed by atoms with Gasteiger partial charge >= 0.3 is 0 Å². The van der Waals surface area contributed by atoms with Crippen molar-refractivity contribution in [3.05, 3.63) is 54.1 Å². The summed E-state index contributed by atoms with van der Waals surface area (Å²) in [6.45, 7) is 2.01. The number of nitrogens with zero attached hydrogens (tertiary/aromatic N) is 1. The number of methoxy groups -OCH3 is 1. The summed E-state index contributed by atoms with van der Waals surface area (Å²) in [5, 5.41) is 2.67. The van der Waals surface area contributed by atoms with Crippen molar-refractivity contribution in [3.63, 3.8) is 0 Å². The first-order valence-electron chi connectivity index (χ1n) is 6.78. The van der Waals surface area contributed by atoms with E-state index in [-0.39, 0.29) is 18.2 Å². The van der Waals surface area contributed by atoms with E-state index in [2.05, 4.69) is 10.3 Å². The second-order valence-electron chi connectivity index (χ2n) is 4.69. The van der Waals surface area contributed by atoms with E-state index in [9.17, 15) is 9.18 Å². The molecule has 0 spiro atoms. The number of para-hydroxylation sites is 2. The molecule has 1 atom stereocenters. The van der Waals surface area contributed by atoms with E-state index in [1.165, 1.54) is 12.3 Å². The van der Waals surface area contributed by atoms with Crippen molar-refractivity contribution in [2.75, 3.05) is 13.7 Å². The summed E-state index contributed by atoms with van der Waals surface area (Å²) in [7, 11) is 1.56. The van der Waals surface area contributed by atoms with Gasteiger partial charge in [-0.15, -0.1) is 0 Å². The number of benzene rings is 1. The monoisotopic (exact) mass is 304 g/mol. The molecule has 0 bridgehead atoms. The van der Waals surface area contributed by atoms with Gasteiger partial charge in [-0.1, -0.05) is 12.1 Å². The van der Waals surface area contributed by atoms with Crippen molar-refractivity contribution >= 4 is 5.91 Å². The van der Waals surface area contributed by atoms with Crippen molar-refractivity contribution in [2.24, 2.45) is 0 Å². The number of carbonyl (C=O) groups is 1. The van der Waals surface area contributed by atoms with E-state index in [0.29, 0.717) is 11.5 Å². The molecule has 0 saturated carbocycles. The van der Waals surface area contributed by atoms with Crippen LogP contribution in [0.25, 0.3) is 0 Å². The molecule has 1 unspecified atom stereocenters. The SMILES string of the molecule is COc1ccccc1OCC(C)NC(=O)c1ccncc1F. The molecule has 0 aliphatic heterocycles. The summed E-state index contributed by atoms with van der Waals surface area (Å²) >= 11 is 0. The molecule has 2 aromatic rings. The van der Waals surface area contributed by atoms with Crippen LogP contribution in [0.1, 0.15) is 17.3 Å². The highest BCUT2D eigenvalue weighted by Crippen LogP contribution is 2.25. The first-order chi connectivity index (χ1) is 10.6. The highest BCUT2D eigenvalue weighted by atomic mass is 19.1. The third-order valence-corrected chi connectivity index (χ3v) is 2.95. The van der Waals surface area contributed by atoms with Crippen LogP contribution in [0.2, 0.25) is 0 Å². The number of aromatic nitrogens is 1. The van der Waals surface area contributed by atoms with Gasteiger partial charge < -0.3 is 14.8 Å². The summed E-state index contributed by atoms with van der Waals surface area (Å²) in [4.78, 5) is 15.6. The third-order valence-electron chi connectivity index (χ3n) is 2.95. The zero-order chi connectivity index (χ0) is 15.9. The maximum atomic E-state index is 13.5. The van der Waals surface area contributed by atoms with Crippen LogP contribution >= 0.6 is 0 Å². The van der Waals surface area contributed by atoms with Crippen molar-refractivity contribution in [3.8, 4) is 11.5 Å². The van der Waals surface area contributed by atoms with Crippen LogP contribution in [0.3, 0.4) is 0 Å². The molecule has 5 nitrogen and oxygen atoms in total. The summed E-state index contributed by atoms with van der Waals surface area (Å²) in [5.41, 5.74) is -0.0425. The summed E-state index contributed by atoms with van der Waals surface area (Å²) in [6, 6.07) is 8.25. The molecule has 0 radical (unpaired) electrons. The maximum Gasteiger partial charge on any atom is 0.254 e. The van der Waals surface area contributed by atoms with Gasteiger partial charge in [0.2, 0.25) is 0 Å². The predicted molar refractivity (Wildman–Crippen MR) is 79.6 cm³/mol. The van der Waals surface area contributed by atoms with Crippen molar-refractivity contribution in [1.29, 1.82) is 0 Å². The van der Waals surface area contributed by atoms with Crippen LogP contribution < -0.4 is 14.8 Å². The number of pyridine rings is 1. The molecule has 0 aliphatic carbocycles. The minimum absolute atomic E-state index is 0.0425. The lowest BCUT2D eigenvalue weighted by Gasteiger charge is -2.16. The van der Waals surface area contributed by atoms with Gasteiger partial charge in [0.15, 0.2) is 17.3 Å². The van der Waals surface area contributed by atoms with Crippen LogP contribution in [0.15, 0.2) is 42.7 Å². The molecule has 1 amide bonds. The molecule has 1 N–H and O–H groups in total. The number of amides is 1. The minimum Gasteiger partial charge on any atom is -0.493 e. The second kappa shape index (κ2) is 7.40. The number of halogens is 1. The Kier molecular flexibility index (Phi) is 5.30. The summed E-state index contributed by atoms with van der Waals surface area (Å²) < 4.78 is 24.3. The van der Waals surface area contributed by atoms with Gasteiger partial charge in [-0.2, -0.15) is 0 Å². The fourth-order valence-electron chi connectivity index (χ4n) is 1.86. The number of carbonyl (C=O) groups excluding carboxylic acids is 1. The Labute approximate surface area is 128 Å². The highest BCUT2D eigenvalue weighted by Gasteiger charge is 2.14. The van der Waals surface area contributed by atoms with Gasteiger partial charge in [0.1, 0.15) is 6.61 Å². The maximum absolute atomic E-state index is 13.5. The van der Waals surface area contributed by atoms with Gasteiger partial charge in [0.05, 0.1) is 24.9 Å². The molecule has 1 aromatic carbocycles. The van der Waals surface area contributed by atoms with E-state index >= 15 is 0 Å². The van der Waals surface area contributed by atoms with E-state index < -0.39 is 11.7 Å². The van der Waals surface area contributed by atoms with Crippen molar-refractivity contribution in [1.82, 2.24) is 10.3 Å². The van der Waals surface area contributed by atoms with Crippen molar-refractivity contribution in [2.45, 2.75) is 13.0 Å². The molecule has 6 heteroatoms. The average Bonchev–Trinajstić information content (AvgIpc) is 2.53. The lowest BCUT2D eigenvalue weighted by atomic mass is 10.2. The molecule has 2 rings (SSSR count). The summed E-state index contributed by atoms with van der Waals surface area (Å²) in [5.74, 6) is 0.0382. The number of ether oxygens (including phenoxy) is 2. The third kappa shape index (κ3) is 3.94. The molecule has 0 saturated heterocycles. The second-order valence-corrected chi connectivity index (χ2v) is 4.69. The molecule has 1 aromatic heterocycles. The molecule has 22 heavy (non-hydrogen) atoms. The highest BCUT2D eigenvalue weighted by molar-refractivity contribution is 5.94.